The topological polar surface area (TPSA) is 24.9 Å². The zero-order valence-corrected chi connectivity index (χ0v) is 13.0. The van der Waals surface area contributed by atoms with Crippen LogP contribution in [0.15, 0.2) is 22.8 Å². The number of rotatable bonds is 5. The number of pyridine rings is 1. The molecule has 1 fully saturated rings. The summed E-state index contributed by atoms with van der Waals surface area (Å²) >= 11 is 3.42. The van der Waals surface area contributed by atoms with Gasteiger partial charge in [-0.2, -0.15) is 0 Å². The van der Waals surface area contributed by atoms with Gasteiger partial charge in [0.1, 0.15) is 10.4 Å². The summed E-state index contributed by atoms with van der Waals surface area (Å²) in [5.74, 6) is 1.76. The van der Waals surface area contributed by atoms with Gasteiger partial charge in [0.25, 0.3) is 0 Å². The summed E-state index contributed by atoms with van der Waals surface area (Å²) in [4.78, 5) is 4.45. The van der Waals surface area contributed by atoms with Gasteiger partial charge in [0.05, 0.1) is 0 Å². The number of hydrogen-bond donors (Lipinski definition) is 1. The van der Waals surface area contributed by atoms with Gasteiger partial charge in [0, 0.05) is 6.54 Å². The molecule has 1 N–H and O–H groups in total. The smallest absolute Gasteiger partial charge is 0.127 e. The van der Waals surface area contributed by atoms with Crippen molar-refractivity contribution < 1.29 is 0 Å². The van der Waals surface area contributed by atoms with Crippen LogP contribution in [0.5, 0.6) is 0 Å². The molecule has 3 heteroatoms. The Morgan fingerprint density at radius 2 is 2.06 bits per heavy atom. The maximum absolute atomic E-state index is 4.45. The predicted octanol–water partition coefficient (Wildman–Crippen LogP) is 4.86. The van der Waals surface area contributed by atoms with E-state index in [1.165, 1.54) is 32.1 Å². The number of hydrogen-bond acceptors (Lipinski definition) is 2. The fourth-order valence-corrected chi connectivity index (χ4v) is 3.57. The molecule has 0 saturated heterocycles. The summed E-state index contributed by atoms with van der Waals surface area (Å²) in [6.07, 6.45) is 6.84. The Morgan fingerprint density at radius 3 is 2.67 bits per heavy atom. The summed E-state index contributed by atoms with van der Waals surface area (Å²) in [6, 6.07) is 6.04. The van der Waals surface area contributed by atoms with E-state index >= 15 is 0 Å². The average Bonchev–Trinajstić information content (AvgIpc) is 2.75. The van der Waals surface area contributed by atoms with E-state index in [1.807, 2.05) is 18.2 Å². The third kappa shape index (κ3) is 3.71. The highest BCUT2D eigenvalue weighted by atomic mass is 79.9. The lowest BCUT2D eigenvalue weighted by molar-refractivity contribution is 0.252. The lowest BCUT2D eigenvalue weighted by Gasteiger charge is -2.31. The zero-order chi connectivity index (χ0) is 13.0. The van der Waals surface area contributed by atoms with Crippen molar-refractivity contribution in [3.8, 4) is 0 Å². The summed E-state index contributed by atoms with van der Waals surface area (Å²) in [5, 5.41) is 3.53. The van der Waals surface area contributed by atoms with Crippen LogP contribution in [0.3, 0.4) is 0 Å². The Balaban J connectivity index is 1.97. The molecule has 0 radical (unpaired) electrons. The number of nitrogens with one attached hydrogen (secondary N) is 1. The van der Waals surface area contributed by atoms with Gasteiger partial charge in [-0.3, -0.25) is 0 Å². The number of halogens is 1. The molecule has 100 valence electrons. The van der Waals surface area contributed by atoms with E-state index in [1.54, 1.807) is 0 Å². The van der Waals surface area contributed by atoms with Crippen LogP contribution in [-0.4, -0.2) is 11.5 Å². The summed E-state index contributed by atoms with van der Waals surface area (Å²) < 4.78 is 0.900. The van der Waals surface area contributed by atoms with Crippen LogP contribution in [0.4, 0.5) is 5.82 Å². The predicted molar refractivity (Wildman–Crippen MR) is 80.8 cm³/mol. The molecule has 0 atom stereocenters. The number of anilines is 1. The second kappa shape index (κ2) is 6.05. The Bertz CT molecular complexity index is 384. The van der Waals surface area contributed by atoms with Crippen molar-refractivity contribution >= 4 is 21.7 Å². The third-order valence-corrected chi connectivity index (χ3v) is 4.31. The Morgan fingerprint density at radius 1 is 1.33 bits per heavy atom. The minimum absolute atomic E-state index is 0.498. The largest absolute Gasteiger partial charge is 0.369 e. The van der Waals surface area contributed by atoms with Crippen LogP contribution in [0, 0.1) is 11.3 Å². The molecular weight excluding hydrogens is 288 g/mol. The van der Waals surface area contributed by atoms with E-state index in [-0.39, 0.29) is 0 Å². The third-order valence-electron chi connectivity index (χ3n) is 3.87. The van der Waals surface area contributed by atoms with Crippen molar-refractivity contribution in [2.45, 2.75) is 46.0 Å². The van der Waals surface area contributed by atoms with E-state index in [0.717, 1.165) is 22.9 Å². The molecule has 1 aromatic rings. The van der Waals surface area contributed by atoms with Crippen molar-refractivity contribution in [3.63, 3.8) is 0 Å². The highest BCUT2D eigenvalue weighted by Gasteiger charge is 2.34. The van der Waals surface area contributed by atoms with Crippen molar-refractivity contribution in [2.75, 3.05) is 11.9 Å². The van der Waals surface area contributed by atoms with Crippen molar-refractivity contribution in [3.05, 3.63) is 22.8 Å². The summed E-state index contributed by atoms with van der Waals surface area (Å²) in [5.41, 5.74) is 0.498. The quantitative estimate of drug-likeness (QED) is 0.785. The van der Waals surface area contributed by atoms with E-state index < -0.39 is 0 Å². The van der Waals surface area contributed by atoms with Gasteiger partial charge in [-0.25, -0.2) is 4.98 Å². The van der Waals surface area contributed by atoms with Crippen LogP contribution < -0.4 is 5.32 Å². The molecule has 18 heavy (non-hydrogen) atoms. The van der Waals surface area contributed by atoms with Gasteiger partial charge in [0.2, 0.25) is 0 Å². The number of aromatic nitrogens is 1. The molecule has 2 rings (SSSR count). The molecule has 0 unspecified atom stereocenters. The molecule has 1 heterocycles. The first kappa shape index (κ1) is 13.9. The molecule has 0 bridgehead atoms. The monoisotopic (exact) mass is 310 g/mol. The van der Waals surface area contributed by atoms with E-state index in [9.17, 15) is 0 Å². The zero-order valence-electron chi connectivity index (χ0n) is 11.4. The highest BCUT2D eigenvalue weighted by molar-refractivity contribution is 9.10. The first-order valence-corrected chi connectivity index (χ1v) is 7.75. The second-order valence-electron chi connectivity index (χ2n) is 6.00. The Labute approximate surface area is 119 Å². The van der Waals surface area contributed by atoms with Crippen LogP contribution in [0.2, 0.25) is 0 Å². The minimum atomic E-state index is 0.498. The molecule has 0 amide bonds. The van der Waals surface area contributed by atoms with E-state index in [0.29, 0.717) is 5.41 Å². The average molecular weight is 311 g/mol. The molecule has 0 aliphatic heterocycles. The normalized spacial score (nSPS) is 18.2. The fraction of sp³-hybridized carbons (Fsp3) is 0.667. The van der Waals surface area contributed by atoms with Gasteiger partial charge >= 0.3 is 0 Å². The fourth-order valence-electron chi connectivity index (χ4n) is 3.23. The molecule has 0 aromatic carbocycles. The first-order valence-electron chi connectivity index (χ1n) is 6.96. The first-order chi connectivity index (χ1) is 8.60. The van der Waals surface area contributed by atoms with Crippen molar-refractivity contribution in [2.24, 2.45) is 11.3 Å². The lowest BCUT2D eigenvalue weighted by atomic mass is 9.78. The molecule has 2 nitrogen and oxygen atoms in total. The van der Waals surface area contributed by atoms with E-state index in [2.05, 4.69) is 40.1 Å². The number of nitrogens with zero attached hydrogens (tertiary/aromatic N) is 1. The second-order valence-corrected chi connectivity index (χ2v) is 6.82. The standard InChI is InChI=1S/C15H23BrN2/c1-12(2)10-15(8-3-4-9-15)11-17-14-7-5-6-13(16)18-14/h5-7,12H,3-4,8-11H2,1-2H3,(H,17,18). The van der Waals surface area contributed by atoms with Gasteiger partial charge in [-0.1, -0.05) is 32.8 Å². The Hall–Kier alpha value is -0.570. The lowest BCUT2D eigenvalue weighted by Crippen LogP contribution is -2.28. The molecule has 0 spiro atoms. The molecule has 1 aromatic heterocycles. The molecule has 1 saturated carbocycles. The summed E-state index contributed by atoms with van der Waals surface area (Å²) in [6.45, 7) is 5.73. The molecule has 1 aliphatic rings. The van der Waals surface area contributed by atoms with Crippen LogP contribution in [-0.2, 0) is 0 Å². The van der Waals surface area contributed by atoms with Crippen LogP contribution in [0.25, 0.3) is 0 Å². The summed E-state index contributed by atoms with van der Waals surface area (Å²) in [7, 11) is 0. The van der Waals surface area contributed by atoms with Crippen LogP contribution >= 0.6 is 15.9 Å². The SMILES string of the molecule is CC(C)CC1(CNc2cccc(Br)n2)CCCC1. The molecule has 1 aliphatic carbocycles. The van der Waals surface area contributed by atoms with Crippen molar-refractivity contribution in [1.82, 2.24) is 4.98 Å². The highest BCUT2D eigenvalue weighted by Crippen LogP contribution is 2.43. The van der Waals surface area contributed by atoms with Crippen LogP contribution in [0.1, 0.15) is 46.0 Å². The van der Waals surface area contributed by atoms with Gasteiger partial charge in [0.15, 0.2) is 0 Å². The van der Waals surface area contributed by atoms with Gasteiger partial charge < -0.3 is 5.32 Å². The van der Waals surface area contributed by atoms with Crippen molar-refractivity contribution in [1.29, 1.82) is 0 Å². The van der Waals surface area contributed by atoms with E-state index in [4.69, 9.17) is 0 Å². The Kier molecular flexibility index (Phi) is 4.66. The van der Waals surface area contributed by atoms with Gasteiger partial charge in [-0.05, 0) is 58.7 Å². The minimum Gasteiger partial charge on any atom is -0.369 e. The maximum atomic E-state index is 4.45. The molecular formula is C15H23BrN2. The maximum Gasteiger partial charge on any atom is 0.127 e. The van der Waals surface area contributed by atoms with Gasteiger partial charge in [-0.15, -0.1) is 0 Å².